The molecular formula is C12H21N3O2. The monoisotopic (exact) mass is 239 g/mol. The van der Waals surface area contributed by atoms with Crippen LogP contribution in [0.4, 0.5) is 0 Å². The maximum Gasteiger partial charge on any atom is 0.255 e. The Kier molecular flexibility index (Phi) is 5.15. The zero-order valence-corrected chi connectivity index (χ0v) is 11.0. The Balaban J connectivity index is 2.31. The SMILES string of the molecule is Cc1n[nH]c(C)c1C(=O)NCCCOC(C)C. The van der Waals surface area contributed by atoms with Gasteiger partial charge in [0.25, 0.3) is 5.91 Å². The summed E-state index contributed by atoms with van der Waals surface area (Å²) in [6.07, 6.45) is 1.06. The number of aryl methyl sites for hydroxylation is 2. The van der Waals surface area contributed by atoms with Gasteiger partial charge in [0.2, 0.25) is 0 Å². The minimum atomic E-state index is -0.0710. The van der Waals surface area contributed by atoms with Crippen molar-refractivity contribution in [2.75, 3.05) is 13.2 Å². The van der Waals surface area contributed by atoms with E-state index in [9.17, 15) is 4.79 Å². The molecule has 0 saturated heterocycles. The van der Waals surface area contributed by atoms with Crippen molar-refractivity contribution in [3.63, 3.8) is 0 Å². The van der Waals surface area contributed by atoms with Crippen LogP contribution in [0.2, 0.25) is 0 Å². The van der Waals surface area contributed by atoms with Crippen molar-refractivity contribution in [2.24, 2.45) is 0 Å². The summed E-state index contributed by atoms with van der Waals surface area (Å²) in [5.74, 6) is -0.0710. The Hall–Kier alpha value is -1.36. The van der Waals surface area contributed by atoms with E-state index in [1.807, 2.05) is 27.7 Å². The molecule has 0 radical (unpaired) electrons. The van der Waals surface area contributed by atoms with Gasteiger partial charge in [-0.15, -0.1) is 0 Å². The van der Waals surface area contributed by atoms with Crippen molar-refractivity contribution in [1.29, 1.82) is 0 Å². The van der Waals surface area contributed by atoms with Crippen LogP contribution in [0.3, 0.4) is 0 Å². The Bertz CT molecular complexity index is 352. The van der Waals surface area contributed by atoms with Crippen molar-refractivity contribution >= 4 is 5.91 Å². The highest BCUT2D eigenvalue weighted by molar-refractivity contribution is 5.96. The highest BCUT2D eigenvalue weighted by atomic mass is 16.5. The maximum atomic E-state index is 11.8. The van der Waals surface area contributed by atoms with Gasteiger partial charge in [0.15, 0.2) is 0 Å². The predicted octanol–water partition coefficient (Wildman–Crippen LogP) is 1.57. The Morgan fingerprint density at radius 3 is 2.71 bits per heavy atom. The number of ether oxygens (including phenoxy) is 1. The van der Waals surface area contributed by atoms with Gasteiger partial charge in [-0.25, -0.2) is 0 Å². The van der Waals surface area contributed by atoms with E-state index >= 15 is 0 Å². The molecule has 0 unspecified atom stereocenters. The van der Waals surface area contributed by atoms with Gasteiger partial charge in [0.05, 0.1) is 17.4 Å². The second-order valence-electron chi connectivity index (χ2n) is 4.34. The lowest BCUT2D eigenvalue weighted by Gasteiger charge is -2.08. The number of carbonyl (C=O) groups excluding carboxylic acids is 1. The Labute approximate surface area is 102 Å². The largest absolute Gasteiger partial charge is 0.379 e. The van der Waals surface area contributed by atoms with Crippen molar-refractivity contribution in [1.82, 2.24) is 15.5 Å². The molecule has 5 nitrogen and oxygen atoms in total. The van der Waals surface area contributed by atoms with Gasteiger partial charge in [-0.1, -0.05) is 0 Å². The summed E-state index contributed by atoms with van der Waals surface area (Å²) in [4.78, 5) is 11.8. The van der Waals surface area contributed by atoms with Crippen molar-refractivity contribution in [2.45, 2.75) is 40.2 Å². The lowest BCUT2D eigenvalue weighted by atomic mass is 10.2. The number of nitrogens with one attached hydrogen (secondary N) is 2. The second kappa shape index (κ2) is 6.39. The van der Waals surface area contributed by atoms with Crippen LogP contribution in [0.25, 0.3) is 0 Å². The molecule has 0 aliphatic carbocycles. The summed E-state index contributed by atoms with van der Waals surface area (Å²) >= 11 is 0. The summed E-state index contributed by atoms with van der Waals surface area (Å²) in [6, 6.07) is 0. The fourth-order valence-electron chi connectivity index (χ4n) is 1.57. The number of hydrogen-bond acceptors (Lipinski definition) is 3. The van der Waals surface area contributed by atoms with Gasteiger partial charge in [-0.3, -0.25) is 9.89 Å². The minimum Gasteiger partial charge on any atom is -0.379 e. The number of rotatable bonds is 6. The molecule has 2 N–H and O–H groups in total. The fraction of sp³-hybridized carbons (Fsp3) is 0.667. The molecule has 1 aromatic rings. The van der Waals surface area contributed by atoms with E-state index in [4.69, 9.17) is 4.74 Å². The van der Waals surface area contributed by atoms with Crippen molar-refractivity contribution in [3.05, 3.63) is 17.0 Å². The number of amides is 1. The third-order valence-corrected chi connectivity index (χ3v) is 2.41. The van der Waals surface area contributed by atoms with Crippen LogP contribution >= 0.6 is 0 Å². The van der Waals surface area contributed by atoms with Gasteiger partial charge in [0.1, 0.15) is 0 Å². The summed E-state index contributed by atoms with van der Waals surface area (Å²) in [5.41, 5.74) is 2.19. The van der Waals surface area contributed by atoms with E-state index in [-0.39, 0.29) is 12.0 Å². The van der Waals surface area contributed by atoms with Crippen LogP contribution in [0, 0.1) is 13.8 Å². The van der Waals surface area contributed by atoms with Gasteiger partial charge in [0, 0.05) is 18.8 Å². The normalized spacial score (nSPS) is 10.9. The van der Waals surface area contributed by atoms with Crippen LogP contribution in [-0.4, -0.2) is 35.4 Å². The number of aromatic amines is 1. The van der Waals surface area contributed by atoms with Gasteiger partial charge in [-0.05, 0) is 34.1 Å². The van der Waals surface area contributed by atoms with Crippen molar-refractivity contribution in [3.8, 4) is 0 Å². The number of hydrogen-bond donors (Lipinski definition) is 2. The highest BCUT2D eigenvalue weighted by Gasteiger charge is 2.14. The molecule has 0 saturated carbocycles. The van der Waals surface area contributed by atoms with E-state index in [2.05, 4.69) is 15.5 Å². The first-order valence-corrected chi connectivity index (χ1v) is 5.93. The van der Waals surface area contributed by atoms with Crippen LogP contribution in [0.1, 0.15) is 42.0 Å². The van der Waals surface area contributed by atoms with E-state index < -0.39 is 0 Å². The third kappa shape index (κ3) is 4.19. The van der Waals surface area contributed by atoms with Crippen molar-refractivity contribution < 1.29 is 9.53 Å². The molecule has 0 aliphatic rings. The molecule has 17 heavy (non-hydrogen) atoms. The van der Waals surface area contributed by atoms with Gasteiger partial charge >= 0.3 is 0 Å². The molecule has 96 valence electrons. The lowest BCUT2D eigenvalue weighted by molar-refractivity contribution is 0.0757. The molecule has 5 heteroatoms. The molecule has 1 heterocycles. The summed E-state index contributed by atoms with van der Waals surface area (Å²) < 4.78 is 5.39. The summed E-state index contributed by atoms with van der Waals surface area (Å²) in [5, 5.41) is 9.65. The van der Waals surface area contributed by atoms with E-state index in [0.29, 0.717) is 18.7 Å². The fourth-order valence-corrected chi connectivity index (χ4v) is 1.57. The van der Waals surface area contributed by atoms with Gasteiger partial charge in [-0.2, -0.15) is 5.10 Å². The molecule has 0 atom stereocenters. The molecule has 1 amide bonds. The summed E-state index contributed by atoms with van der Waals surface area (Å²) in [6.45, 7) is 8.95. The first kappa shape index (κ1) is 13.7. The van der Waals surface area contributed by atoms with Crippen LogP contribution in [0.5, 0.6) is 0 Å². The van der Waals surface area contributed by atoms with E-state index in [0.717, 1.165) is 17.8 Å². The average Bonchev–Trinajstić information content (AvgIpc) is 2.57. The van der Waals surface area contributed by atoms with Crippen LogP contribution in [0.15, 0.2) is 0 Å². The molecule has 0 spiro atoms. The average molecular weight is 239 g/mol. The standard InChI is InChI=1S/C12H21N3O2/c1-8(2)17-7-5-6-13-12(16)11-9(3)14-15-10(11)4/h8H,5-7H2,1-4H3,(H,13,16)(H,14,15). The molecule has 0 fully saturated rings. The summed E-state index contributed by atoms with van der Waals surface area (Å²) in [7, 11) is 0. The lowest BCUT2D eigenvalue weighted by Crippen LogP contribution is -2.26. The second-order valence-corrected chi connectivity index (χ2v) is 4.34. The quantitative estimate of drug-likeness (QED) is 0.740. The van der Waals surface area contributed by atoms with E-state index in [1.165, 1.54) is 0 Å². The topological polar surface area (TPSA) is 67.0 Å². The minimum absolute atomic E-state index is 0.0710. The zero-order valence-electron chi connectivity index (χ0n) is 11.0. The smallest absolute Gasteiger partial charge is 0.255 e. The molecular weight excluding hydrogens is 218 g/mol. The predicted molar refractivity (Wildman–Crippen MR) is 66.1 cm³/mol. The van der Waals surface area contributed by atoms with Crippen LogP contribution < -0.4 is 5.32 Å². The number of nitrogens with zero attached hydrogens (tertiary/aromatic N) is 1. The molecule has 0 aliphatic heterocycles. The molecule has 1 aromatic heterocycles. The number of H-pyrrole nitrogens is 1. The molecule has 0 aromatic carbocycles. The molecule has 1 rings (SSSR count). The van der Waals surface area contributed by atoms with E-state index in [1.54, 1.807) is 0 Å². The Morgan fingerprint density at radius 2 is 2.18 bits per heavy atom. The zero-order chi connectivity index (χ0) is 12.8. The first-order valence-electron chi connectivity index (χ1n) is 5.93. The number of aromatic nitrogens is 2. The third-order valence-electron chi connectivity index (χ3n) is 2.41. The Morgan fingerprint density at radius 1 is 1.47 bits per heavy atom. The highest BCUT2D eigenvalue weighted by Crippen LogP contribution is 2.08. The van der Waals surface area contributed by atoms with Crippen LogP contribution in [-0.2, 0) is 4.74 Å². The first-order chi connectivity index (χ1) is 8.02. The maximum absolute atomic E-state index is 11.8. The molecule has 0 bridgehead atoms. The number of carbonyl (C=O) groups is 1. The van der Waals surface area contributed by atoms with Gasteiger partial charge < -0.3 is 10.1 Å².